The Morgan fingerprint density at radius 1 is 1.38 bits per heavy atom. The van der Waals surface area contributed by atoms with Gasteiger partial charge in [-0.05, 0) is 58.4 Å². The molecular weight excluding hydrogens is 258 g/mol. The second-order valence-corrected chi connectivity index (χ2v) is 6.57. The zero-order valence-corrected chi connectivity index (χ0v) is 13.1. The fraction of sp³-hybridized carbons (Fsp3) is 0.500. The van der Waals surface area contributed by atoms with E-state index >= 15 is 0 Å². The van der Waals surface area contributed by atoms with Gasteiger partial charge in [-0.25, -0.2) is 0 Å². The zero-order chi connectivity index (χ0) is 14.9. The van der Waals surface area contributed by atoms with Crippen LogP contribution < -0.4 is 5.32 Å². The smallest absolute Gasteiger partial charge is 0.0935 e. The van der Waals surface area contributed by atoms with Crippen LogP contribution in [0.25, 0.3) is 10.9 Å². The van der Waals surface area contributed by atoms with E-state index in [0.29, 0.717) is 6.04 Å². The number of hydrogen-bond donors (Lipinski definition) is 1. The van der Waals surface area contributed by atoms with Gasteiger partial charge in [-0.15, -0.1) is 0 Å². The third kappa shape index (κ3) is 3.11. The Kier molecular flexibility index (Phi) is 3.73. The van der Waals surface area contributed by atoms with Gasteiger partial charge in [-0.2, -0.15) is 5.10 Å². The molecule has 0 aliphatic carbocycles. The van der Waals surface area contributed by atoms with Gasteiger partial charge in [-0.3, -0.25) is 4.68 Å². The van der Waals surface area contributed by atoms with Crippen LogP contribution in [0, 0.1) is 17.3 Å². The van der Waals surface area contributed by atoms with E-state index in [2.05, 4.69) is 67.4 Å². The summed E-state index contributed by atoms with van der Waals surface area (Å²) in [6, 6.07) is 6.70. The highest BCUT2D eigenvalue weighted by Crippen LogP contribution is 2.24. The normalized spacial score (nSPS) is 22.3. The number of nitrogens with one attached hydrogen (secondary N) is 1. The molecule has 0 radical (unpaired) electrons. The first-order valence-corrected chi connectivity index (χ1v) is 7.79. The minimum Gasteiger partial charge on any atom is -0.315 e. The molecule has 0 saturated carbocycles. The highest BCUT2D eigenvalue weighted by Gasteiger charge is 2.23. The van der Waals surface area contributed by atoms with E-state index in [1.807, 2.05) is 4.68 Å². The Balaban J connectivity index is 1.88. The van der Waals surface area contributed by atoms with E-state index in [0.717, 1.165) is 24.2 Å². The molecule has 1 atom stereocenters. The van der Waals surface area contributed by atoms with E-state index in [1.54, 1.807) is 0 Å². The minimum atomic E-state index is 0.102. The zero-order valence-electron chi connectivity index (χ0n) is 13.1. The van der Waals surface area contributed by atoms with Gasteiger partial charge in [0.25, 0.3) is 0 Å². The number of fused-ring (bicyclic) bond motifs is 1. The maximum absolute atomic E-state index is 4.62. The summed E-state index contributed by atoms with van der Waals surface area (Å²) in [7, 11) is 0. The van der Waals surface area contributed by atoms with E-state index in [1.165, 1.54) is 18.2 Å². The molecule has 3 rings (SSSR count). The van der Waals surface area contributed by atoms with Gasteiger partial charge in [-0.1, -0.05) is 11.8 Å². The molecule has 1 aromatic heterocycles. The average Bonchev–Trinajstić information content (AvgIpc) is 2.89. The maximum Gasteiger partial charge on any atom is 0.0935 e. The largest absolute Gasteiger partial charge is 0.315 e. The van der Waals surface area contributed by atoms with Crippen LogP contribution in [0.1, 0.15) is 45.2 Å². The molecule has 110 valence electrons. The van der Waals surface area contributed by atoms with Crippen molar-refractivity contribution in [3.63, 3.8) is 0 Å². The number of piperidine rings is 1. The first-order valence-electron chi connectivity index (χ1n) is 7.79. The average molecular weight is 281 g/mol. The van der Waals surface area contributed by atoms with Gasteiger partial charge in [0.15, 0.2) is 0 Å². The van der Waals surface area contributed by atoms with Crippen LogP contribution in [-0.4, -0.2) is 22.9 Å². The molecule has 1 fully saturated rings. The van der Waals surface area contributed by atoms with Gasteiger partial charge in [0.2, 0.25) is 0 Å². The lowest BCUT2D eigenvalue weighted by atomic mass is 9.83. The van der Waals surface area contributed by atoms with Gasteiger partial charge in [0.1, 0.15) is 0 Å². The fourth-order valence-electron chi connectivity index (χ4n) is 2.76. The molecule has 1 aliphatic heterocycles. The summed E-state index contributed by atoms with van der Waals surface area (Å²) in [4.78, 5) is 0. The molecule has 0 unspecified atom stereocenters. The summed E-state index contributed by atoms with van der Waals surface area (Å²) >= 11 is 0. The molecule has 2 aromatic rings. The molecule has 21 heavy (non-hydrogen) atoms. The topological polar surface area (TPSA) is 29.9 Å². The molecule has 1 aromatic carbocycles. The van der Waals surface area contributed by atoms with E-state index in [9.17, 15) is 0 Å². The summed E-state index contributed by atoms with van der Waals surface area (Å²) in [5.74, 6) is 6.81. The SMILES string of the molecule is CC(C)n1cc2ccc(C#C[C@@]3(C)CCCNC3)cc2n1. The number of aromatic nitrogens is 2. The van der Waals surface area contributed by atoms with E-state index in [-0.39, 0.29) is 5.41 Å². The summed E-state index contributed by atoms with van der Waals surface area (Å²) in [5, 5.41) is 9.24. The van der Waals surface area contributed by atoms with Crippen LogP contribution in [0.4, 0.5) is 0 Å². The van der Waals surface area contributed by atoms with Crippen molar-refractivity contribution < 1.29 is 0 Å². The Bertz CT molecular complexity index is 694. The predicted molar refractivity (Wildman–Crippen MR) is 87.2 cm³/mol. The van der Waals surface area contributed by atoms with Crippen molar-refractivity contribution in [2.24, 2.45) is 5.41 Å². The maximum atomic E-state index is 4.62. The standard InChI is InChI=1S/C18H23N3/c1-14(2)21-12-16-6-5-15(11-17(16)20-21)7-9-18(3)8-4-10-19-13-18/h5-6,11-12,14,19H,4,8,10,13H2,1-3H3/t18-/m1/s1. The molecule has 3 heteroatoms. The lowest BCUT2D eigenvalue weighted by Gasteiger charge is -2.28. The number of benzene rings is 1. The molecular formula is C18H23N3. The van der Waals surface area contributed by atoms with Gasteiger partial charge < -0.3 is 5.32 Å². The van der Waals surface area contributed by atoms with Crippen LogP contribution in [0.15, 0.2) is 24.4 Å². The summed E-state index contributed by atoms with van der Waals surface area (Å²) < 4.78 is 2.01. The van der Waals surface area contributed by atoms with Crippen LogP contribution in [0.5, 0.6) is 0 Å². The first-order chi connectivity index (χ1) is 10.1. The summed E-state index contributed by atoms with van der Waals surface area (Å²) in [6.07, 6.45) is 4.49. The number of hydrogen-bond acceptors (Lipinski definition) is 2. The van der Waals surface area contributed by atoms with Gasteiger partial charge in [0, 0.05) is 35.1 Å². The fourth-order valence-corrected chi connectivity index (χ4v) is 2.76. The Morgan fingerprint density at radius 2 is 2.24 bits per heavy atom. The Morgan fingerprint density at radius 3 is 2.95 bits per heavy atom. The van der Waals surface area contributed by atoms with Crippen molar-refractivity contribution in [3.8, 4) is 11.8 Å². The first kappa shape index (κ1) is 14.2. The Labute approximate surface area is 126 Å². The van der Waals surface area contributed by atoms with Crippen molar-refractivity contribution in [1.82, 2.24) is 15.1 Å². The van der Waals surface area contributed by atoms with Crippen molar-refractivity contribution in [3.05, 3.63) is 30.0 Å². The molecule has 1 N–H and O–H groups in total. The molecule has 1 saturated heterocycles. The Hall–Kier alpha value is -1.79. The van der Waals surface area contributed by atoms with Crippen molar-refractivity contribution >= 4 is 10.9 Å². The number of rotatable bonds is 1. The van der Waals surface area contributed by atoms with Crippen molar-refractivity contribution in [1.29, 1.82) is 0 Å². The minimum absolute atomic E-state index is 0.102. The molecule has 0 amide bonds. The summed E-state index contributed by atoms with van der Waals surface area (Å²) in [6.45, 7) is 8.64. The molecule has 1 aliphatic rings. The van der Waals surface area contributed by atoms with Crippen molar-refractivity contribution in [2.75, 3.05) is 13.1 Å². The molecule has 3 nitrogen and oxygen atoms in total. The van der Waals surface area contributed by atoms with Gasteiger partial charge >= 0.3 is 0 Å². The molecule has 2 heterocycles. The highest BCUT2D eigenvalue weighted by molar-refractivity contribution is 5.79. The third-order valence-electron chi connectivity index (χ3n) is 4.16. The lowest BCUT2D eigenvalue weighted by molar-refractivity contribution is 0.320. The van der Waals surface area contributed by atoms with E-state index in [4.69, 9.17) is 0 Å². The van der Waals surface area contributed by atoms with Crippen LogP contribution in [0.3, 0.4) is 0 Å². The van der Waals surface area contributed by atoms with Crippen molar-refractivity contribution in [2.45, 2.75) is 39.7 Å². The second kappa shape index (κ2) is 5.54. The molecule has 0 bridgehead atoms. The monoisotopic (exact) mass is 281 g/mol. The van der Waals surface area contributed by atoms with Crippen LogP contribution in [0.2, 0.25) is 0 Å². The van der Waals surface area contributed by atoms with Crippen LogP contribution >= 0.6 is 0 Å². The molecule has 0 spiro atoms. The summed E-state index contributed by atoms with van der Waals surface area (Å²) in [5.41, 5.74) is 2.19. The predicted octanol–water partition coefficient (Wildman–Crippen LogP) is 3.36. The van der Waals surface area contributed by atoms with Crippen LogP contribution in [-0.2, 0) is 0 Å². The quantitative estimate of drug-likeness (QED) is 0.812. The second-order valence-electron chi connectivity index (χ2n) is 6.57. The van der Waals surface area contributed by atoms with E-state index < -0.39 is 0 Å². The highest BCUT2D eigenvalue weighted by atomic mass is 15.3. The number of nitrogens with zero attached hydrogens (tertiary/aromatic N) is 2. The third-order valence-corrected chi connectivity index (χ3v) is 4.16. The van der Waals surface area contributed by atoms with Gasteiger partial charge in [0.05, 0.1) is 5.52 Å². The lowest BCUT2D eigenvalue weighted by Crippen LogP contribution is -2.36.